The monoisotopic (exact) mass is 210 g/mol. The minimum Gasteiger partial charge on any atom is -0.332 e. The highest BCUT2D eigenvalue weighted by Crippen LogP contribution is 2.20. The summed E-state index contributed by atoms with van der Waals surface area (Å²) in [7, 11) is 0. The molecule has 0 amide bonds. The molecule has 1 atom stereocenters. The SMILES string of the molecule is CC.CC.Cc1ncc2n1CC(C)CC2. The maximum Gasteiger partial charge on any atom is 0.105 e. The van der Waals surface area contributed by atoms with Gasteiger partial charge in [0.2, 0.25) is 0 Å². The first-order chi connectivity index (χ1) is 7.27. The Bertz CT molecular complexity index is 263. The molecule has 2 rings (SSSR count). The van der Waals surface area contributed by atoms with Crippen LogP contribution in [0.1, 0.15) is 52.6 Å². The number of fused-ring (bicyclic) bond motifs is 1. The van der Waals surface area contributed by atoms with Crippen molar-refractivity contribution in [3.8, 4) is 0 Å². The second-order valence-electron chi connectivity index (χ2n) is 3.55. The molecule has 88 valence electrons. The zero-order valence-corrected chi connectivity index (χ0v) is 11.2. The third-order valence-electron chi connectivity index (χ3n) is 2.53. The van der Waals surface area contributed by atoms with Gasteiger partial charge in [-0.1, -0.05) is 34.6 Å². The molecule has 0 radical (unpaired) electrons. The first-order valence-corrected chi connectivity index (χ1v) is 6.28. The van der Waals surface area contributed by atoms with Crippen molar-refractivity contribution in [2.45, 2.75) is 60.9 Å². The summed E-state index contributed by atoms with van der Waals surface area (Å²) in [5, 5.41) is 0. The van der Waals surface area contributed by atoms with Gasteiger partial charge in [-0.05, 0) is 25.7 Å². The van der Waals surface area contributed by atoms with Crippen molar-refractivity contribution in [2.75, 3.05) is 0 Å². The highest BCUT2D eigenvalue weighted by molar-refractivity contribution is 5.07. The number of aromatic nitrogens is 2. The maximum absolute atomic E-state index is 4.30. The third kappa shape index (κ3) is 3.69. The van der Waals surface area contributed by atoms with Crippen LogP contribution in [0.5, 0.6) is 0 Å². The molecule has 1 aliphatic heterocycles. The zero-order chi connectivity index (χ0) is 11.8. The van der Waals surface area contributed by atoms with Crippen LogP contribution >= 0.6 is 0 Å². The second kappa shape index (κ2) is 7.49. The van der Waals surface area contributed by atoms with E-state index in [9.17, 15) is 0 Å². The average Bonchev–Trinajstić information content (AvgIpc) is 2.66. The number of imidazole rings is 1. The largest absolute Gasteiger partial charge is 0.332 e. The molecule has 2 heterocycles. The van der Waals surface area contributed by atoms with Crippen LogP contribution in [-0.2, 0) is 13.0 Å². The van der Waals surface area contributed by atoms with Crippen LogP contribution in [0.4, 0.5) is 0 Å². The lowest BCUT2D eigenvalue weighted by Gasteiger charge is -2.21. The summed E-state index contributed by atoms with van der Waals surface area (Å²) >= 11 is 0. The van der Waals surface area contributed by atoms with E-state index >= 15 is 0 Å². The lowest BCUT2D eigenvalue weighted by molar-refractivity contribution is 0.394. The van der Waals surface area contributed by atoms with Gasteiger partial charge in [-0.3, -0.25) is 0 Å². The summed E-state index contributed by atoms with van der Waals surface area (Å²) in [6.45, 7) is 13.6. The van der Waals surface area contributed by atoms with E-state index in [1.807, 2.05) is 33.9 Å². The number of rotatable bonds is 0. The van der Waals surface area contributed by atoms with Crippen LogP contribution < -0.4 is 0 Å². The van der Waals surface area contributed by atoms with E-state index in [-0.39, 0.29) is 0 Å². The molecule has 0 N–H and O–H groups in total. The van der Waals surface area contributed by atoms with Gasteiger partial charge in [-0.15, -0.1) is 0 Å². The first kappa shape index (κ1) is 14.2. The van der Waals surface area contributed by atoms with E-state index in [1.165, 1.54) is 30.9 Å². The Morgan fingerprint density at radius 1 is 1.27 bits per heavy atom. The van der Waals surface area contributed by atoms with Gasteiger partial charge >= 0.3 is 0 Å². The molecular formula is C13H26N2. The molecule has 0 aromatic carbocycles. The van der Waals surface area contributed by atoms with Crippen LogP contribution in [0.3, 0.4) is 0 Å². The maximum atomic E-state index is 4.30. The molecule has 15 heavy (non-hydrogen) atoms. The van der Waals surface area contributed by atoms with Crippen molar-refractivity contribution < 1.29 is 0 Å². The van der Waals surface area contributed by atoms with Crippen LogP contribution in [-0.4, -0.2) is 9.55 Å². The molecule has 0 saturated heterocycles. The van der Waals surface area contributed by atoms with Gasteiger partial charge in [-0.2, -0.15) is 0 Å². The average molecular weight is 210 g/mol. The number of nitrogens with zero attached hydrogens (tertiary/aromatic N) is 2. The van der Waals surface area contributed by atoms with Gasteiger partial charge < -0.3 is 4.57 Å². The summed E-state index contributed by atoms with van der Waals surface area (Å²) in [4.78, 5) is 4.30. The van der Waals surface area contributed by atoms with E-state index < -0.39 is 0 Å². The Labute approximate surface area is 94.7 Å². The van der Waals surface area contributed by atoms with E-state index in [4.69, 9.17) is 0 Å². The number of hydrogen-bond acceptors (Lipinski definition) is 1. The highest BCUT2D eigenvalue weighted by Gasteiger charge is 2.15. The van der Waals surface area contributed by atoms with Crippen LogP contribution in [0.15, 0.2) is 6.20 Å². The second-order valence-corrected chi connectivity index (χ2v) is 3.55. The smallest absolute Gasteiger partial charge is 0.105 e. The summed E-state index contributed by atoms with van der Waals surface area (Å²) in [5.41, 5.74) is 1.42. The van der Waals surface area contributed by atoms with Crippen LogP contribution in [0.25, 0.3) is 0 Å². The highest BCUT2D eigenvalue weighted by atomic mass is 15.1. The first-order valence-electron chi connectivity index (χ1n) is 6.28. The van der Waals surface area contributed by atoms with Gasteiger partial charge in [0.1, 0.15) is 5.82 Å². The Kier molecular flexibility index (Phi) is 7.10. The van der Waals surface area contributed by atoms with E-state index in [2.05, 4.69) is 23.4 Å². The van der Waals surface area contributed by atoms with Gasteiger partial charge in [0.05, 0.1) is 0 Å². The van der Waals surface area contributed by atoms with Crippen molar-refractivity contribution in [3.63, 3.8) is 0 Å². The van der Waals surface area contributed by atoms with Gasteiger partial charge in [0.15, 0.2) is 0 Å². The number of aryl methyl sites for hydroxylation is 2. The summed E-state index contributed by atoms with van der Waals surface area (Å²) in [6.07, 6.45) is 4.55. The Balaban J connectivity index is 0.000000442. The number of hydrogen-bond donors (Lipinski definition) is 0. The molecule has 0 fully saturated rings. The molecule has 2 heteroatoms. The summed E-state index contributed by atoms with van der Waals surface area (Å²) in [5.74, 6) is 2.00. The molecule has 0 spiro atoms. The van der Waals surface area contributed by atoms with Crippen molar-refractivity contribution in [3.05, 3.63) is 17.7 Å². The lowest BCUT2D eigenvalue weighted by Crippen LogP contribution is -2.18. The lowest BCUT2D eigenvalue weighted by atomic mass is 10.0. The van der Waals surface area contributed by atoms with E-state index in [0.717, 1.165) is 5.92 Å². The fraction of sp³-hybridized carbons (Fsp3) is 0.769. The molecule has 2 nitrogen and oxygen atoms in total. The Hall–Kier alpha value is -0.790. The molecule has 0 bridgehead atoms. The Morgan fingerprint density at radius 2 is 1.87 bits per heavy atom. The molecular weight excluding hydrogens is 184 g/mol. The molecule has 1 aromatic rings. The van der Waals surface area contributed by atoms with Crippen molar-refractivity contribution in [2.24, 2.45) is 5.92 Å². The van der Waals surface area contributed by atoms with Crippen molar-refractivity contribution in [1.29, 1.82) is 0 Å². The predicted octanol–water partition coefficient (Wildman–Crippen LogP) is 3.83. The summed E-state index contributed by atoms with van der Waals surface area (Å²) in [6, 6.07) is 0. The third-order valence-corrected chi connectivity index (χ3v) is 2.53. The zero-order valence-electron chi connectivity index (χ0n) is 11.2. The fourth-order valence-corrected chi connectivity index (χ4v) is 1.76. The minimum absolute atomic E-state index is 0.829. The standard InChI is InChI=1S/C9H14N2.2C2H6/c1-7-3-4-9-5-10-8(2)11(9)6-7;2*1-2/h5,7H,3-4,6H2,1-2H3;2*1-2H3. The van der Waals surface area contributed by atoms with Gasteiger partial charge in [-0.25, -0.2) is 4.98 Å². The van der Waals surface area contributed by atoms with Gasteiger partial charge in [0.25, 0.3) is 0 Å². The topological polar surface area (TPSA) is 17.8 Å². The van der Waals surface area contributed by atoms with E-state index in [0.29, 0.717) is 0 Å². The minimum atomic E-state index is 0.829. The summed E-state index contributed by atoms with van der Waals surface area (Å²) < 4.78 is 2.34. The Morgan fingerprint density at radius 3 is 2.47 bits per heavy atom. The molecule has 0 aliphatic carbocycles. The van der Waals surface area contributed by atoms with Crippen LogP contribution in [0.2, 0.25) is 0 Å². The fourth-order valence-electron chi connectivity index (χ4n) is 1.76. The van der Waals surface area contributed by atoms with Gasteiger partial charge in [0, 0.05) is 18.4 Å². The molecule has 0 saturated carbocycles. The normalized spacial score (nSPS) is 17.9. The molecule has 1 aromatic heterocycles. The quantitative estimate of drug-likeness (QED) is 0.636. The van der Waals surface area contributed by atoms with Crippen molar-refractivity contribution in [1.82, 2.24) is 9.55 Å². The van der Waals surface area contributed by atoms with Crippen molar-refractivity contribution >= 4 is 0 Å². The van der Waals surface area contributed by atoms with Crippen LogP contribution in [0, 0.1) is 12.8 Å². The molecule has 1 unspecified atom stereocenters. The predicted molar refractivity (Wildman–Crippen MR) is 67.1 cm³/mol. The van der Waals surface area contributed by atoms with E-state index in [1.54, 1.807) is 0 Å². The molecule has 1 aliphatic rings.